The van der Waals surface area contributed by atoms with Gasteiger partial charge < -0.3 is 16.2 Å². The molecule has 1 aliphatic carbocycles. The summed E-state index contributed by atoms with van der Waals surface area (Å²) in [6, 6.07) is 14.5. The van der Waals surface area contributed by atoms with Crippen molar-refractivity contribution in [1.29, 1.82) is 0 Å². The Balaban J connectivity index is 2.01. The van der Waals surface area contributed by atoms with Gasteiger partial charge in [0.2, 0.25) is 5.91 Å². The van der Waals surface area contributed by atoms with Gasteiger partial charge in [0.25, 0.3) is 5.91 Å². The van der Waals surface area contributed by atoms with E-state index in [1.807, 2.05) is 36.4 Å². The first-order valence-corrected chi connectivity index (χ1v) is 8.08. The molecular formula is C20H20N2O3. The molecule has 0 spiro atoms. The molecule has 2 aromatic carbocycles. The fourth-order valence-corrected chi connectivity index (χ4v) is 3.33. The third kappa shape index (κ3) is 3.06. The van der Waals surface area contributed by atoms with Crippen LogP contribution in [0.5, 0.6) is 0 Å². The minimum absolute atomic E-state index is 0.179. The molecule has 25 heavy (non-hydrogen) atoms. The summed E-state index contributed by atoms with van der Waals surface area (Å²) >= 11 is 0. The number of nitrogens with one attached hydrogen (secondary N) is 1. The van der Waals surface area contributed by atoms with Gasteiger partial charge in [0, 0.05) is 24.1 Å². The summed E-state index contributed by atoms with van der Waals surface area (Å²) in [7, 11) is 0. The van der Waals surface area contributed by atoms with Gasteiger partial charge in [0.1, 0.15) is 0 Å². The van der Waals surface area contributed by atoms with E-state index in [2.05, 4.69) is 5.32 Å². The largest absolute Gasteiger partial charge is 0.375 e. The van der Waals surface area contributed by atoms with Crippen molar-refractivity contribution in [2.24, 2.45) is 11.7 Å². The summed E-state index contributed by atoms with van der Waals surface area (Å²) in [5, 5.41) is 14.0. The van der Waals surface area contributed by atoms with Crippen molar-refractivity contribution >= 4 is 23.6 Å². The molecule has 5 nitrogen and oxygen atoms in total. The van der Waals surface area contributed by atoms with E-state index < -0.39 is 17.4 Å². The second-order valence-electron chi connectivity index (χ2n) is 6.23. The number of aliphatic hydroxyl groups is 1. The molecule has 3 rings (SSSR count). The van der Waals surface area contributed by atoms with Crippen molar-refractivity contribution in [2.75, 3.05) is 5.32 Å². The molecule has 2 atom stereocenters. The van der Waals surface area contributed by atoms with Crippen molar-refractivity contribution in [2.45, 2.75) is 18.9 Å². The van der Waals surface area contributed by atoms with E-state index in [4.69, 9.17) is 5.73 Å². The zero-order chi connectivity index (χ0) is 18.0. The Morgan fingerprint density at radius 1 is 1.16 bits per heavy atom. The normalized spacial score (nSPS) is 21.4. The Hall–Kier alpha value is -2.92. The standard InChI is InChI=1S/C20H20N2O3/c1-13(23)22-18-9-5-3-7-15(18)12-16-11-10-14-6-2-4-8-17(14)20(16,25)19(21)24/h2-11,16,25H,12H2,1H3,(H2,21,24)(H,22,23). The number of carbonyl (C=O) groups is 2. The van der Waals surface area contributed by atoms with Gasteiger partial charge in [-0.15, -0.1) is 0 Å². The molecule has 2 unspecified atom stereocenters. The van der Waals surface area contributed by atoms with Crippen LogP contribution in [0.2, 0.25) is 0 Å². The summed E-state index contributed by atoms with van der Waals surface area (Å²) in [4.78, 5) is 23.6. The van der Waals surface area contributed by atoms with Crippen LogP contribution < -0.4 is 11.1 Å². The average molecular weight is 336 g/mol. The second-order valence-corrected chi connectivity index (χ2v) is 6.23. The van der Waals surface area contributed by atoms with E-state index in [-0.39, 0.29) is 5.91 Å². The van der Waals surface area contributed by atoms with Gasteiger partial charge in [-0.05, 0) is 23.6 Å². The lowest BCUT2D eigenvalue weighted by atomic mass is 9.72. The van der Waals surface area contributed by atoms with Crippen LogP contribution in [0.3, 0.4) is 0 Å². The molecule has 0 heterocycles. The van der Waals surface area contributed by atoms with E-state index in [0.29, 0.717) is 17.7 Å². The van der Waals surface area contributed by atoms with Crippen LogP contribution in [-0.2, 0) is 21.6 Å². The van der Waals surface area contributed by atoms with Crippen molar-refractivity contribution in [3.05, 3.63) is 71.3 Å². The monoisotopic (exact) mass is 336 g/mol. The lowest BCUT2D eigenvalue weighted by Crippen LogP contribution is -2.49. The van der Waals surface area contributed by atoms with Crippen molar-refractivity contribution in [3.63, 3.8) is 0 Å². The minimum atomic E-state index is -1.80. The number of fused-ring (bicyclic) bond motifs is 1. The van der Waals surface area contributed by atoms with Crippen LogP contribution in [0.4, 0.5) is 5.69 Å². The molecule has 0 saturated carbocycles. The molecule has 2 aromatic rings. The number of rotatable bonds is 4. The van der Waals surface area contributed by atoms with Gasteiger partial charge in [-0.3, -0.25) is 9.59 Å². The highest BCUT2D eigenvalue weighted by Crippen LogP contribution is 2.40. The van der Waals surface area contributed by atoms with E-state index in [9.17, 15) is 14.7 Å². The molecule has 0 radical (unpaired) electrons. The molecule has 5 heteroatoms. The first-order valence-electron chi connectivity index (χ1n) is 8.08. The smallest absolute Gasteiger partial charge is 0.254 e. The van der Waals surface area contributed by atoms with Crippen LogP contribution in [0, 0.1) is 5.92 Å². The maximum Gasteiger partial charge on any atom is 0.254 e. The molecule has 0 fully saturated rings. The Kier molecular flexibility index (Phi) is 4.42. The second kappa shape index (κ2) is 6.53. The highest BCUT2D eigenvalue weighted by Gasteiger charge is 2.45. The molecule has 2 amide bonds. The lowest BCUT2D eigenvalue weighted by molar-refractivity contribution is -0.141. The number of primary amides is 1. The first-order chi connectivity index (χ1) is 11.9. The number of hydrogen-bond acceptors (Lipinski definition) is 3. The maximum absolute atomic E-state index is 12.2. The van der Waals surface area contributed by atoms with E-state index in [0.717, 1.165) is 11.1 Å². The van der Waals surface area contributed by atoms with Crippen molar-refractivity contribution in [1.82, 2.24) is 0 Å². The minimum Gasteiger partial charge on any atom is -0.375 e. The number of hydrogen-bond donors (Lipinski definition) is 3. The van der Waals surface area contributed by atoms with E-state index in [1.54, 1.807) is 24.3 Å². The summed E-state index contributed by atoms with van der Waals surface area (Å²) in [5.74, 6) is -1.50. The fourth-order valence-electron chi connectivity index (χ4n) is 3.33. The van der Waals surface area contributed by atoms with Gasteiger partial charge in [0.15, 0.2) is 5.60 Å². The van der Waals surface area contributed by atoms with Crippen LogP contribution in [0.25, 0.3) is 6.08 Å². The fraction of sp³-hybridized carbons (Fsp3) is 0.200. The van der Waals surface area contributed by atoms with Crippen LogP contribution in [0.15, 0.2) is 54.6 Å². The van der Waals surface area contributed by atoms with Gasteiger partial charge in [-0.1, -0.05) is 54.6 Å². The van der Waals surface area contributed by atoms with Crippen LogP contribution in [-0.4, -0.2) is 16.9 Å². The maximum atomic E-state index is 12.2. The van der Waals surface area contributed by atoms with Crippen molar-refractivity contribution < 1.29 is 14.7 Å². The third-order valence-corrected chi connectivity index (χ3v) is 4.56. The Bertz CT molecular complexity index is 860. The predicted octanol–water partition coefficient (Wildman–Crippen LogP) is 2.20. The quantitative estimate of drug-likeness (QED) is 0.799. The Morgan fingerprint density at radius 2 is 1.84 bits per heavy atom. The number of nitrogens with two attached hydrogens (primary N) is 1. The summed E-state index contributed by atoms with van der Waals surface area (Å²) in [6.45, 7) is 1.44. The summed E-state index contributed by atoms with van der Waals surface area (Å²) in [5.41, 5.74) is 6.56. The van der Waals surface area contributed by atoms with Gasteiger partial charge in [-0.2, -0.15) is 0 Å². The van der Waals surface area contributed by atoms with E-state index >= 15 is 0 Å². The highest BCUT2D eigenvalue weighted by atomic mass is 16.3. The average Bonchev–Trinajstić information content (AvgIpc) is 2.58. The lowest BCUT2D eigenvalue weighted by Gasteiger charge is -2.36. The zero-order valence-corrected chi connectivity index (χ0v) is 13.9. The van der Waals surface area contributed by atoms with Crippen LogP contribution in [0.1, 0.15) is 23.6 Å². The molecule has 0 aromatic heterocycles. The third-order valence-electron chi connectivity index (χ3n) is 4.56. The molecule has 128 valence electrons. The van der Waals surface area contributed by atoms with Crippen molar-refractivity contribution in [3.8, 4) is 0 Å². The van der Waals surface area contributed by atoms with Gasteiger partial charge in [-0.25, -0.2) is 0 Å². The highest BCUT2D eigenvalue weighted by molar-refractivity contribution is 5.90. The number of benzene rings is 2. The molecule has 0 saturated heterocycles. The number of amides is 2. The zero-order valence-electron chi connectivity index (χ0n) is 13.9. The number of anilines is 1. The number of para-hydroxylation sites is 1. The van der Waals surface area contributed by atoms with Gasteiger partial charge in [0.05, 0.1) is 0 Å². The molecule has 0 bridgehead atoms. The first kappa shape index (κ1) is 16.9. The van der Waals surface area contributed by atoms with Crippen LogP contribution >= 0.6 is 0 Å². The SMILES string of the molecule is CC(=O)Nc1ccccc1CC1C=Cc2ccccc2C1(O)C(N)=O. The Morgan fingerprint density at radius 3 is 2.56 bits per heavy atom. The predicted molar refractivity (Wildman–Crippen MR) is 96.5 cm³/mol. The number of carbonyl (C=O) groups excluding carboxylic acids is 2. The molecular weight excluding hydrogens is 316 g/mol. The molecule has 4 N–H and O–H groups in total. The van der Waals surface area contributed by atoms with Gasteiger partial charge >= 0.3 is 0 Å². The topological polar surface area (TPSA) is 92.4 Å². The van der Waals surface area contributed by atoms with E-state index in [1.165, 1.54) is 6.92 Å². The molecule has 1 aliphatic rings. The summed E-state index contributed by atoms with van der Waals surface area (Å²) in [6.07, 6.45) is 4.05. The molecule has 0 aliphatic heterocycles. The Labute approximate surface area is 146 Å². The summed E-state index contributed by atoms with van der Waals surface area (Å²) < 4.78 is 0.